The smallest absolute Gasteiger partial charge is 0.132 e. The largest absolute Gasteiger partial charge is 0.508 e. The predicted molar refractivity (Wildman–Crippen MR) is 97.6 cm³/mol. The van der Waals surface area contributed by atoms with E-state index in [-0.39, 0.29) is 17.6 Å². The van der Waals surface area contributed by atoms with Gasteiger partial charge in [-0.25, -0.2) is 4.39 Å². The third kappa shape index (κ3) is 1.81. The summed E-state index contributed by atoms with van der Waals surface area (Å²) >= 11 is 0. The van der Waals surface area contributed by atoms with Crippen LogP contribution >= 0.6 is 0 Å². The molecule has 3 N–H and O–H groups in total. The van der Waals surface area contributed by atoms with E-state index in [1.807, 2.05) is 12.3 Å². The van der Waals surface area contributed by atoms with E-state index >= 15 is 0 Å². The highest BCUT2D eigenvalue weighted by Crippen LogP contribution is 2.64. The molecule has 6 rings (SSSR count). The second-order valence-corrected chi connectivity index (χ2v) is 8.12. The minimum absolute atomic E-state index is 0.0212. The summed E-state index contributed by atoms with van der Waals surface area (Å²) in [6, 6.07) is 8.67. The van der Waals surface area contributed by atoms with Crippen molar-refractivity contribution >= 4 is 16.6 Å². The van der Waals surface area contributed by atoms with Gasteiger partial charge < -0.3 is 10.4 Å². The van der Waals surface area contributed by atoms with Gasteiger partial charge in [0.15, 0.2) is 0 Å². The standard InChI is InChI=1S/C21H20FN3O/c22-15-8-12(26)3-4-13(15)21-19-11-2-1-10(7-11)18(19)20-14-9-23-25-16(14)5-6-17(20)24-21/h3-6,8-11,18-19,21,24,26H,1-2,7H2,(H,23,25)/t10-,11+,18+,19-,21+/m1/s1. The first-order chi connectivity index (χ1) is 12.7. The van der Waals surface area contributed by atoms with E-state index in [2.05, 4.69) is 21.6 Å². The maximum atomic E-state index is 14.7. The molecule has 132 valence electrons. The molecule has 0 saturated heterocycles. The van der Waals surface area contributed by atoms with E-state index in [9.17, 15) is 9.50 Å². The number of fused-ring (bicyclic) bond motifs is 9. The van der Waals surface area contributed by atoms with Gasteiger partial charge in [0.2, 0.25) is 0 Å². The molecule has 0 spiro atoms. The van der Waals surface area contributed by atoms with Crippen molar-refractivity contribution in [2.75, 3.05) is 5.32 Å². The average Bonchev–Trinajstić information content (AvgIpc) is 3.36. The van der Waals surface area contributed by atoms with Crippen LogP contribution in [0, 0.1) is 23.6 Å². The van der Waals surface area contributed by atoms with E-state index in [1.54, 1.807) is 12.1 Å². The van der Waals surface area contributed by atoms with Crippen LogP contribution < -0.4 is 5.32 Å². The van der Waals surface area contributed by atoms with Crippen LogP contribution in [0.4, 0.5) is 10.1 Å². The van der Waals surface area contributed by atoms with Gasteiger partial charge in [-0.1, -0.05) is 6.07 Å². The van der Waals surface area contributed by atoms with Gasteiger partial charge in [0.25, 0.3) is 0 Å². The van der Waals surface area contributed by atoms with Crippen LogP contribution in [0.5, 0.6) is 5.75 Å². The van der Waals surface area contributed by atoms with Crippen LogP contribution in [0.25, 0.3) is 10.9 Å². The summed E-state index contributed by atoms with van der Waals surface area (Å²) < 4.78 is 14.7. The van der Waals surface area contributed by atoms with Crippen LogP contribution in [0.3, 0.4) is 0 Å². The van der Waals surface area contributed by atoms with E-state index in [0.717, 1.165) is 11.2 Å². The summed E-state index contributed by atoms with van der Waals surface area (Å²) in [6.45, 7) is 0. The Labute approximate surface area is 150 Å². The van der Waals surface area contributed by atoms with Gasteiger partial charge in [0.1, 0.15) is 11.6 Å². The second kappa shape index (κ2) is 5.00. The number of rotatable bonds is 1. The van der Waals surface area contributed by atoms with E-state index in [1.165, 1.54) is 36.3 Å². The second-order valence-electron chi connectivity index (χ2n) is 8.12. The molecule has 2 aromatic carbocycles. The first kappa shape index (κ1) is 14.6. The van der Waals surface area contributed by atoms with E-state index in [0.29, 0.717) is 29.2 Å². The average molecular weight is 349 g/mol. The van der Waals surface area contributed by atoms with Crippen LogP contribution in [-0.4, -0.2) is 15.3 Å². The first-order valence-electron chi connectivity index (χ1n) is 9.41. The minimum Gasteiger partial charge on any atom is -0.508 e. The number of hydrogen-bond acceptors (Lipinski definition) is 3. The van der Waals surface area contributed by atoms with E-state index < -0.39 is 0 Å². The molecule has 0 radical (unpaired) electrons. The lowest BCUT2D eigenvalue weighted by Crippen LogP contribution is -2.36. The number of aromatic hydroxyl groups is 1. The van der Waals surface area contributed by atoms with Crippen LogP contribution in [0.1, 0.15) is 42.3 Å². The minimum atomic E-state index is -0.322. The number of halogens is 1. The Balaban J connectivity index is 1.56. The van der Waals surface area contributed by atoms with Gasteiger partial charge >= 0.3 is 0 Å². The normalized spacial score (nSPS) is 31.7. The first-order valence-corrected chi connectivity index (χ1v) is 9.41. The van der Waals surface area contributed by atoms with Gasteiger partial charge in [-0.3, -0.25) is 5.10 Å². The lowest BCUT2D eigenvalue weighted by atomic mass is 9.67. The van der Waals surface area contributed by atoms with Crippen molar-refractivity contribution in [3.63, 3.8) is 0 Å². The summed E-state index contributed by atoms with van der Waals surface area (Å²) in [7, 11) is 0. The number of phenolic OH excluding ortho intramolecular Hbond substituents is 1. The molecule has 3 aliphatic rings. The third-order valence-corrected chi connectivity index (χ3v) is 6.99. The zero-order chi connectivity index (χ0) is 17.4. The number of nitrogens with one attached hydrogen (secondary N) is 2. The molecule has 0 unspecified atom stereocenters. The molecule has 5 heteroatoms. The van der Waals surface area contributed by atoms with Gasteiger partial charge in [-0.05, 0) is 66.7 Å². The lowest BCUT2D eigenvalue weighted by molar-refractivity contribution is 0.246. The number of H-pyrrole nitrogens is 1. The fraction of sp³-hybridized carbons (Fsp3) is 0.381. The number of benzene rings is 2. The van der Waals surface area contributed by atoms with Crippen molar-refractivity contribution < 1.29 is 9.50 Å². The summed E-state index contributed by atoms with van der Waals surface area (Å²) in [4.78, 5) is 0. The Morgan fingerprint density at radius 1 is 1.12 bits per heavy atom. The fourth-order valence-electron chi connectivity index (χ4n) is 6.09. The van der Waals surface area contributed by atoms with Crippen molar-refractivity contribution in [3.05, 3.63) is 53.5 Å². The topological polar surface area (TPSA) is 60.9 Å². The molecule has 2 saturated carbocycles. The highest BCUT2D eigenvalue weighted by atomic mass is 19.1. The zero-order valence-corrected chi connectivity index (χ0v) is 14.2. The van der Waals surface area contributed by atoms with Crippen LogP contribution in [0.2, 0.25) is 0 Å². The summed E-state index contributed by atoms with van der Waals surface area (Å²) in [5.41, 5.74) is 4.21. The Morgan fingerprint density at radius 2 is 2.00 bits per heavy atom. The molecular formula is C21H20FN3O. The molecule has 2 aliphatic carbocycles. The van der Waals surface area contributed by atoms with Gasteiger partial charge in [0, 0.05) is 22.7 Å². The number of nitrogens with zero attached hydrogens (tertiary/aromatic N) is 1. The Kier molecular flexibility index (Phi) is 2.80. The molecular weight excluding hydrogens is 329 g/mol. The fourth-order valence-corrected chi connectivity index (χ4v) is 6.09. The maximum absolute atomic E-state index is 14.7. The molecule has 5 atom stereocenters. The monoisotopic (exact) mass is 349 g/mol. The molecule has 0 amide bonds. The highest BCUT2D eigenvalue weighted by molar-refractivity contribution is 5.88. The molecule has 2 heterocycles. The number of hydrogen-bond donors (Lipinski definition) is 3. The van der Waals surface area contributed by atoms with Crippen molar-refractivity contribution in [1.82, 2.24) is 10.2 Å². The summed E-state index contributed by atoms with van der Waals surface area (Å²) in [5.74, 6) is 1.80. The van der Waals surface area contributed by atoms with Crippen LogP contribution in [0.15, 0.2) is 36.5 Å². The number of aromatic nitrogens is 2. The Hall–Kier alpha value is -2.56. The van der Waals surface area contributed by atoms with Crippen molar-refractivity contribution in [1.29, 1.82) is 0 Å². The molecule has 1 aromatic heterocycles. The summed E-state index contributed by atoms with van der Waals surface area (Å²) in [5, 5.41) is 21.8. The molecule has 4 nitrogen and oxygen atoms in total. The molecule has 2 bridgehead atoms. The van der Waals surface area contributed by atoms with Crippen molar-refractivity contribution in [2.45, 2.75) is 31.2 Å². The maximum Gasteiger partial charge on any atom is 0.132 e. The van der Waals surface area contributed by atoms with Crippen LogP contribution in [-0.2, 0) is 0 Å². The van der Waals surface area contributed by atoms with Gasteiger partial charge in [-0.15, -0.1) is 0 Å². The predicted octanol–water partition coefficient (Wildman–Crippen LogP) is 4.70. The third-order valence-electron chi connectivity index (χ3n) is 6.99. The number of anilines is 1. The Morgan fingerprint density at radius 3 is 2.88 bits per heavy atom. The van der Waals surface area contributed by atoms with Gasteiger partial charge in [0.05, 0.1) is 17.8 Å². The highest BCUT2D eigenvalue weighted by Gasteiger charge is 2.54. The molecule has 26 heavy (non-hydrogen) atoms. The van der Waals surface area contributed by atoms with Gasteiger partial charge in [-0.2, -0.15) is 5.10 Å². The van der Waals surface area contributed by atoms with E-state index in [4.69, 9.17) is 0 Å². The number of phenols is 1. The molecule has 3 aromatic rings. The zero-order valence-electron chi connectivity index (χ0n) is 14.2. The Bertz CT molecular complexity index is 1030. The molecule has 1 aliphatic heterocycles. The van der Waals surface area contributed by atoms with Crippen molar-refractivity contribution in [2.24, 2.45) is 17.8 Å². The summed E-state index contributed by atoms with van der Waals surface area (Å²) in [6.07, 6.45) is 5.67. The number of aromatic amines is 1. The molecule has 2 fully saturated rings. The lowest BCUT2D eigenvalue weighted by Gasteiger charge is -2.43. The quantitative estimate of drug-likeness (QED) is 0.596. The SMILES string of the molecule is Oc1ccc([C@@H]2Nc3ccc4[nH]ncc4c3[C@H]3[C@@H]4CC[C@@H](C4)[C@H]32)c(F)c1. The van der Waals surface area contributed by atoms with Crippen molar-refractivity contribution in [3.8, 4) is 5.75 Å².